The van der Waals surface area contributed by atoms with E-state index in [1.807, 2.05) is 35.1 Å². The molecule has 1 aliphatic rings. The molecule has 3 aromatic rings. The summed E-state index contributed by atoms with van der Waals surface area (Å²) in [5, 5.41) is 8.52. The number of para-hydroxylation sites is 1. The van der Waals surface area contributed by atoms with Crippen molar-refractivity contribution in [3.05, 3.63) is 46.7 Å². The lowest BCUT2D eigenvalue weighted by atomic mass is 10.2. The Balaban J connectivity index is 1.75. The minimum absolute atomic E-state index is 0.192. The molecule has 2 heterocycles. The third-order valence-electron chi connectivity index (χ3n) is 3.82. The summed E-state index contributed by atoms with van der Waals surface area (Å²) >= 11 is 7.77. The molecule has 0 atom stereocenters. The van der Waals surface area contributed by atoms with Crippen molar-refractivity contribution in [2.75, 3.05) is 19.4 Å². The fourth-order valence-electron chi connectivity index (χ4n) is 2.65. The number of carbonyl (C=O) groups is 1. The van der Waals surface area contributed by atoms with Crippen LogP contribution >= 0.6 is 22.9 Å². The summed E-state index contributed by atoms with van der Waals surface area (Å²) in [4.78, 5) is 18.9. The number of rotatable bonds is 2. The van der Waals surface area contributed by atoms with Crippen molar-refractivity contribution in [3.63, 3.8) is 0 Å². The Labute approximate surface area is 147 Å². The average Bonchev–Trinajstić information content (AvgIpc) is 3.18. The van der Waals surface area contributed by atoms with Crippen LogP contribution in [-0.2, 0) is 6.42 Å². The van der Waals surface area contributed by atoms with Gasteiger partial charge in [0.1, 0.15) is 0 Å². The minimum Gasteiger partial charge on any atom is -0.331 e. The summed E-state index contributed by atoms with van der Waals surface area (Å²) in [5.41, 5.74) is 3.91. The molecule has 0 saturated carbocycles. The molecule has 1 aromatic carbocycles. The Kier molecular flexibility index (Phi) is 3.54. The first-order valence-electron chi connectivity index (χ1n) is 7.35. The maximum atomic E-state index is 11.8. The fraction of sp³-hybridized carbons (Fsp3) is 0.188. The number of hydrogen-bond acceptors (Lipinski definition) is 4. The van der Waals surface area contributed by atoms with E-state index in [-0.39, 0.29) is 6.03 Å². The van der Waals surface area contributed by atoms with Crippen LogP contribution in [0.5, 0.6) is 0 Å². The Morgan fingerprint density at radius 3 is 2.92 bits per heavy atom. The molecule has 0 fully saturated rings. The predicted octanol–water partition coefficient (Wildman–Crippen LogP) is 3.65. The van der Waals surface area contributed by atoms with Crippen molar-refractivity contribution in [2.45, 2.75) is 6.42 Å². The number of benzene rings is 1. The third-order valence-corrected chi connectivity index (χ3v) is 5.16. The number of nitrogens with zero attached hydrogens (tertiary/aromatic N) is 4. The fourth-order valence-corrected chi connectivity index (χ4v) is 3.91. The Morgan fingerprint density at radius 2 is 2.17 bits per heavy atom. The Morgan fingerprint density at radius 1 is 1.38 bits per heavy atom. The van der Waals surface area contributed by atoms with Crippen LogP contribution in [0.2, 0.25) is 5.02 Å². The van der Waals surface area contributed by atoms with Crippen LogP contribution in [0.4, 0.5) is 9.93 Å². The molecule has 1 N–H and O–H groups in total. The van der Waals surface area contributed by atoms with Gasteiger partial charge in [-0.2, -0.15) is 5.10 Å². The maximum absolute atomic E-state index is 11.8. The first-order valence-corrected chi connectivity index (χ1v) is 8.54. The Hall–Kier alpha value is -2.38. The van der Waals surface area contributed by atoms with Gasteiger partial charge < -0.3 is 4.90 Å². The Bertz CT molecular complexity index is 946. The lowest BCUT2D eigenvalue weighted by Gasteiger charge is -2.09. The van der Waals surface area contributed by atoms with E-state index in [2.05, 4.69) is 15.4 Å². The van der Waals surface area contributed by atoms with Crippen LogP contribution in [-0.4, -0.2) is 39.8 Å². The van der Waals surface area contributed by atoms with E-state index in [4.69, 9.17) is 11.6 Å². The van der Waals surface area contributed by atoms with Gasteiger partial charge in [-0.25, -0.2) is 14.5 Å². The first-order chi connectivity index (χ1) is 11.5. The number of amides is 2. The molecule has 122 valence electrons. The topological polar surface area (TPSA) is 63.1 Å². The van der Waals surface area contributed by atoms with Crippen molar-refractivity contribution in [1.82, 2.24) is 19.7 Å². The monoisotopic (exact) mass is 359 g/mol. The van der Waals surface area contributed by atoms with Gasteiger partial charge in [-0.15, -0.1) is 0 Å². The van der Waals surface area contributed by atoms with Crippen LogP contribution in [0.3, 0.4) is 0 Å². The molecule has 0 spiro atoms. The van der Waals surface area contributed by atoms with Gasteiger partial charge in [-0.1, -0.05) is 35.1 Å². The van der Waals surface area contributed by atoms with Crippen molar-refractivity contribution >= 4 is 34.1 Å². The zero-order valence-electron chi connectivity index (χ0n) is 13.1. The van der Waals surface area contributed by atoms with E-state index in [1.165, 1.54) is 16.2 Å². The highest BCUT2D eigenvalue weighted by Gasteiger charge is 2.29. The van der Waals surface area contributed by atoms with Gasteiger partial charge in [0.15, 0.2) is 5.13 Å². The van der Waals surface area contributed by atoms with Crippen molar-refractivity contribution in [2.24, 2.45) is 0 Å². The van der Waals surface area contributed by atoms with E-state index < -0.39 is 0 Å². The van der Waals surface area contributed by atoms with E-state index in [0.717, 1.165) is 27.5 Å². The SMILES string of the molecule is CN(C)C(=O)Nc1nc2c(s1)-c1c(cnn1-c1ccccc1Cl)C2. The van der Waals surface area contributed by atoms with Crippen molar-refractivity contribution in [3.8, 4) is 16.3 Å². The summed E-state index contributed by atoms with van der Waals surface area (Å²) in [6.45, 7) is 0. The number of urea groups is 1. The quantitative estimate of drug-likeness (QED) is 0.594. The van der Waals surface area contributed by atoms with Gasteiger partial charge in [-0.3, -0.25) is 5.32 Å². The summed E-state index contributed by atoms with van der Waals surface area (Å²) in [7, 11) is 3.39. The van der Waals surface area contributed by atoms with E-state index in [0.29, 0.717) is 16.6 Å². The normalized spacial score (nSPS) is 12.0. The van der Waals surface area contributed by atoms with E-state index in [1.54, 1.807) is 14.1 Å². The van der Waals surface area contributed by atoms with E-state index in [9.17, 15) is 4.79 Å². The number of thiazole rings is 1. The molecule has 0 bridgehead atoms. The van der Waals surface area contributed by atoms with Crippen LogP contribution in [0.1, 0.15) is 11.3 Å². The summed E-state index contributed by atoms with van der Waals surface area (Å²) < 4.78 is 1.85. The third kappa shape index (κ3) is 2.37. The summed E-state index contributed by atoms with van der Waals surface area (Å²) in [6.07, 6.45) is 2.56. The number of nitrogens with one attached hydrogen (secondary N) is 1. The number of anilines is 1. The largest absolute Gasteiger partial charge is 0.331 e. The van der Waals surface area contributed by atoms with Crippen molar-refractivity contribution in [1.29, 1.82) is 0 Å². The number of halogens is 1. The van der Waals surface area contributed by atoms with Crippen LogP contribution in [0.25, 0.3) is 16.3 Å². The van der Waals surface area contributed by atoms with Gasteiger partial charge >= 0.3 is 6.03 Å². The second kappa shape index (κ2) is 5.61. The highest BCUT2D eigenvalue weighted by Crippen LogP contribution is 2.43. The molecule has 6 nitrogen and oxygen atoms in total. The van der Waals surface area contributed by atoms with Gasteiger partial charge in [0.05, 0.1) is 33.2 Å². The number of aromatic nitrogens is 3. The van der Waals surface area contributed by atoms with E-state index >= 15 is 0 Å². The second-order valence-electron chi connectivity index (χ2n) is 5.68. The molecule has 24 heavy (non-hydrogen) atoms. The number of fused-ring (bicyclic) bond motifs is 3. The second-order valence-corrected chi connectivity index (χ2v) is 7.08. The molecular formula is C16H14ClN5OS. The zero-order chi connectivity index (χ0) is 16.8. The maximum Gasteiger partial charge on any atom is 0.323 e. The highest BCUT2D eigenvalue weighted by molar-refractivity contribution is 7.19. The first kappa shape index (κ1) is 15.2. The zero-order valence-corrected chi connectivity index (χ0v) is 14.6. The average molecular weight is 360 g/mol. The van der Waals surface area contributed by atoms with Crippen molar-refractivity contribution < 1.29 is 4.79 Å². The van der Waals surface area contributed by atoms with Gasteiger partial charge in [0.25, 0.3) is 0 Å². The number of carbonyl (C=O) groups excluding carboxylic acids is 1. The molecule has 2 aromatic heterocycles. The summed E-state index contributed by atoms with van der Waals surface area (Å²) in [5.74, 6) is 0. The lowest BCUT2D eigenvalue weighted by molar-refractivity contribution is 0.230. The molecule has 0 unspecified atom stereocenters. The molecule has 4 rings (SSSR count). The van der Waals surface area contributed by atoms with Gasteiger partial charge in [0.2, 0.25) is 0 Å². The highest BCUT2D eigenvalue weighted by atomic mass is 35.5. The standard InChI is InChI=1S/C16H14ClN5OS/c1-21(2)16(23)20-15-19-11-7-9-8-18-22(13(9)14(11)24-15)12-6-4-3-5-10(12)17/h3-6,8H,7H2,1-2H3,(H,19,20,23). The van der Waals surface area contributed by atoms with Crippen LogP contribution in [0, 0.1) is 0 Å². The van der Waals surface area contributed by atoms with Crippen LogP contribution in [0.15, 0.2) is 30.5 Å². The molecule has 8 heteroatoms. The molecular weight excluding hydrogens is 346 g/mol. The lowest BCUT2D eigenvalue weighted by Crippen LogP contribution is -2.27. The molecule has 1 aliphatic carbocycles. The van der Waals surface area contributed by atoms with Gasteiger partial charge in [-0.05, 0) is 12.1 Å². The molecule has 0 saturated heterocycles. The predicted molar refractivity (Wildman–Crippen MR) is 95.2 cm³/mol. The molecule has 2 amide bonds. The molecule has 0 radical (unpaired) electrons. The minimum atomic E-state index is -0.192. The van der Waals surface area contributed by atoms with Gasteiger partial charge in [0, 0.05) is 26.1 Å². The smallest absolute Gasteiger partial charge is 0.323 e. The van der Waals surface area contributed by atoms with Crippen LogP contribution < -0.4 is 5.32 Å². The summed E-state index contributed by atoms with van der Waals surface area (Å²) in [6, 6.07) is 7.41. The molecule has 0 aliphatic heterocycles. The number of hydrogen-bond donors (Lipinski definition) is 1.